The Balaban J connectivity index is 2.29. The van der Waals surface area contributed by atoms with Crippen LogP contribution in [0.15, 0.2) is 5.10 Å². The summed E-state index contributed by atoms with van der Waals surface area (Å²) < 4.78 is 0. The molecular formula is C5H11N3O. The van der Waals surface area contributed by atoms with Crippen molar-refractivity contribution in [3.63, 3.8) is 0 Å². The summed E-state index contributed by atoms with van der Waals surface area (Å²) in [6, 6.07) is 0. The average molecular weight is 129 g/mol. The molecule has 0 spiro atoms. The van der Waals surface area contributed by atoms with Gasteiger partial charge in [-0.05, 0) is 0 Å². The minimum atomic E-state index is 0.150. The van der Waals surface area contributed by atoms with Crippen LogP contribution in [0.25, 0.3) is 0 Å². The molecule has 0 atom stereocenters. The number of hydrogen-bond acceptors (Lipinski definition) is 4. The van der Waals surface area contributed by atoms with E-state index in [2.05, 4.69) is 5.10 Å². The Hall–Kier alpha value is -0.770. The molecule has 4 nitrogen and oxygen atoms in total. The largest absolute Gasteiger partial charge is 0.394 e. The highest BCUT2D eigenvalue weighted by atomic mass is 16.3. The molecule has 0 unspecified atom stereocenters. The molecule has 1 aliphatic rings. The zero-order valence-electron chi connectivity index (χ0n) is 5.25. The van der Waals surface area contributed by atoms with Crippen LogP contribution in [0.3, 0.4) is 0 Å². The van der Waals surface area contributed by atoms with Crippen LogP contribution in [0.5, 0.6) is 0 Å². The molecule has 0 aromatic rings. The molecule has 0 amide bonds. The third kappa shape index (κ3) is 1.57. The highest BCUT2D eigenvalue weighted by Crippen LogP contribution is 2.00. The molecule has 0 radical (unpaired) electrons. The van der Waals surface area contributed by atoms with E-state index in [9.17, 15) is 0 Å². The van der Waals surface area contributed by atoms with Gasteiger partial charge in [-0.3, -0.25) is 5.01 Å². The molecule has 0 aromatic carbocycles. The van der Waals surface area contributed by atoms with Crippen molar-refractivity contribution >= 4 is 5.84 Å². The Bertz CT molecular complexity index is 123. The van der Waals surface area contributed by atoms with Gasteiger partial charge in [0, 0.05) is 13.0 Å². The quantitative estimate of drug-likeness (QED) is 0.500. The molecule has 52 valence electrons. The molecule has 9 heavy (non-hydrogen) atoms. The first kappa shape index (κ1) is 6.35. The second-order valence-corrected chi connectivity index (χ2v) is 2.02. The van der Waals surface area contributed by atoms with E-state index >= 15 is 0 Å². The summed E-state index contributed by atoms with van der Waals surface area (Å²) in [5.41, 5.74) is 5.38. The second kappa shape index (κ2) is 2.68. The van der Waals surface area contributed by atoms with Crippen LogP contribution in [0.1, 0.15) is 6.42 Å². The maximum absolute atomic E-state index is 8.46. The van der Waals surface area contributed by atoms with Crippen LogP contribution in [0, 0.1) is 0 Å². The summed E-state index contributed by atoms with van der Waals surface area (Å²) in [4.78, 5) is 0. The second-order valence-electron chi connectivity index (χ2n) is 2.02. The van der Waals surface area contributed by atoms with Crippen LogP contribution < -0.4 is 5.73 Å². The number of nitrogens with two attached hydrogens (primary N) is 1. The standard InChI is InChI=1S/C5H11N3O/c6-5-1-2-8(7-5)3-4-9/h9H,1-4H2,(H2,6,7). The Morgan fingerprint density at radius 3 is 3.00 bits per heavy atom. The first-order valence-electron chi connectivity index (χ1n) is 3.01. The number of β-amino-alcohol motifs (C(OH)–C–C–N with tert-alkyl or cyclic N) is 1. The lowest BCUT2D eigenvalue weighted by Crippen LogP contribution is -2.17. The van der Waals surface area contributed by atoms with Crippen LogP contribution >= 0.6 is 0 Å². The van der Waals surface area contributed by atoms with Gasteiger partial charge in [-0.15, -0.1) is 0 Å². The minimum Gasteiger partial charge on any atom is -0.394 e. The van der Waals surface area contributed by atoms with E-state index < -0.39 is 0 Å². The monoisotopic (exact) mass is 129 g/mol. The van der Waals surface area contributed by atoms with Crippen LogP contribution in [0.4, 0.5) is 0 Å². The van der Waals surface area contributed by atoms with Gasteiger partial charge in [0.05, 0.1) is 13.2 Å². The van der Waals surface area contributed by atoms with E-state index in [0.29, 0.717) is 12.4 Å². The van der Waals surface area contributed by atoms with E-state index in [0.717, 1.165) is 13.0 Å². The van der Waals surface area contributed by atoms with E-state index in [-0.39, 0.29) is 6.61 Å². The van der Waals surface area contributed by atoms with Crippen molar-refractivity contribution in [3.05, 3.63) is 0 Å². The molecule has 0 saturated heterocycles. The lowest BCUT2D eigenvalue weighted by Gasteiger charge is -2.09. The summed E-state index contributed by atoms with van der Waals surface area (Å²) in [7, 11) is 0. The summed E-state index contributed by atoms with van der Waals surface area (Å²) in [6.07, 6.45) is 0.833. The van der Waals surface area contributed by atoms with Crippen molar-refractivity contribution in [3.8, 4) is 0 Å². The maximum Gasteiger partial charge on any atom is 0.121 e. The number of aliphatic hydroxyl groups is 1. The first-order valence-corrected chi connectivity index (χ1v) is 3.01. The Morgan fingerprint density at radius 1 is 1.78 bits per heavy atom. The zero-order chi connectivity index (χ0) is 6.69. The van der Waals surface area contributed by atoms with E-state index in [1.165, 1.54) is 0 Å². The Morgan fingerprint density at radius 2 is 2.56 bits per heavy atom. The highest BCUT2D eigenvalue weighted by molar-refractivity contribution is 5.81. The van der Waals surface area contributed by atoms with Crippen LogP contribution in [-0.2, 0) is 0 Å². The summed E-state index contributed by atoms with van der Waals surface area (Å²) in [5, 5.41) is 14.2. The number of hydrogen-bond donors (Lipinski definition) is 2. The molecule has 4 heteroatoms. The van der Waals surface area contributed by atoms with Crippen LogP contribution in [-0.4, -0.2) is 35.6 Å². The predicted molar refractivity (Wildman–Crippen MR) is 34.9 cm³/mol. The zero-order valence-corrected chi connectivity index (χ0v) is 5.25. The smallest absolute Gasteiger partial charge is 0.121 e. The van der Waals surface area contributed by atoms with Crippen molar-refractivity contribution in [2.45, 2.75) is 6.42 Å². The summed E-state index contributed by atoms with van der Waals surface area (Å²) in [5.74, 6) is 0.670. The molecule has 3 N–H and O–H groups in total. The Labute approximate surface area is 54.0 Å². The van der Waals surface area contributed by atoms with Gasteiger partial charge < -0.3 is 10.8 Å². The topological polar surface area (TPSA) is 61.8 Å². The number of amidine groups is 1. The molecule has 0 bridgehead atoms. The van der Waals surface area contributed by atoms with Gasteiger partial charge in [0.25, 0.3) is 0 Å². The van der Waals surface area contributed by atoms with Gasteiger partial charge in [-0.1, -0.05) is 0 Å². The average Bonchev–Trinajstić information content (AvgIpc) is 2.17. The Kier molecular flexibility index (Phi) is 1.89. The van der Waals surface area contributed by atoms with Crippen molar-refractivity contribution in [2.75, 3.05) is 19.7 Å². The molecule has 1 aliphatic heterocycles. The number of nitrogens with zero attached hydrogens (tertiary/aromatic N) is 2. The number of aliphatic hydroxyl groups excluding tert-OH is 1. The van der Waals surface area contributed by atoms with Crippen molar-refractivity contribution < 1.29 is 5.11 Å². The lowest BCUT2D eigenvalue weighted by molar-refractivity contribution is 0.213. The van der Waals surface area contributed by atoms with Crippen molar-refractivity contribution in [1.82, 2.24) is 5.01 Å². The third-order valence-electron chi connectivity index (χ3n) is 1.25. The molecule has 0 aromatic heterocycles. The van der Waals surface area contributed by atoms with Gasteiger partial charge in [0.1, 0.15) is 5.84 Å². The lowest BCUT2D eigenvalue weighted by atomic mass is 10.4. The fourth-order valence-corrected chi connectivity index (χ4v) is 0.802. The van der Waals surface area contributed by atoms with Crippen LogP contribution in [0.2, 0.25) is 0 Å². The molecule has 0 fully saturated rings. The first-order chi connectivity index (χ1) is 4.33. The summed E-state index contributed by atoms with van der Waals surface area (Å²) >= 11 is 0. The van der Waals surface area contributed by atoms with E-state index in [4.69, 9.17) is 10.8 Å². The minimum absolute atomic E-state index is 0.150. The highest BCUT2D eigenvalue weighted by Gasteiger charge is 2.09. The normalized spacial score (nSPS) is 18.3. The SMILES string of the molecule is NC1=NN(CCO)CC1. The fourth-order valence-electron chi connectivity index (χ4n) is 0.802. The third-order valence-corrected chi connectivity index (χ3v) is 1.25. The van der Waals surface area contributed by atoms with Gasteiger partial charge in [0.15, 0.2) is 0 Å². The van der Waals surface area contributed by atoms with E-state index in [1.807, 2.05) is 0 Å². The molecule has 1 rings (SSSR count). The molecule has 1 heterocycles. The molecular weight excluding hydrogens is 118 g/mol. The maximum atomic E-state index is 8.46. The van der Waals surface area contributed by atoms with Crippen molar-refractivity contribution in [1.29, 1.82) is 0 Å². The van der Waals surface area contributed by atoms with Gasteiger partial charge in [-0.25, -0.2) is 0 Å². The number of hydrazone groups is 1. The van der Waals surface area contributed by atoms with Crippen molar-refractivity contribution in [2.24, 2.45) is 10.8 Å². The summed E-state index contributed by atoms with van der Waals surface area (Å²) in [6.45, 7) is 1.60. The predicted octanol–water partition coefficient (Wildman–Crippen LogP) is -1.04. The van der Waals surface area contributed by atoms with Gasteiger partial charge >= 0.3 is 0 Å². The number of rotatable bonds is 2. The molecule has 0 aliphatic carbocycles. The van der Waals surface area contributed by atoms with E-state index in [1.54, 1.807) is 5.01 Å². The fraction of sp³-hybridized carbons (Fsp3) is 0.800. The van der Waals surface area contributed by atoms with Gasteiger partial charge in [-0.2, -0.15) is 5.10 Å². The molecule has 0 saturated carbocycles. The van der Waals surface area contributed by atoms with Gasteiger partial charge in [0.2, 0.25) is 0 Å².